The first-order chi connectivity index (χ1) is 12.1. The average Bonchev–Trinajstić information content (AvgIpc) is 3.09. The molecule has 3 rings (SSSR count). The highest BCUT2D eigenvalue weighted by molar-refractivity contribution is 6.30. The lowest BCUT2D eigenvalue weighted by Crippen LogP contribution is -2.04. The van der Waals surface area contributed by atoms with Crippen LogP contribution in [0.4, 0.5) is 0 Å². The Morgan fingerprint density at radius 2 is 2.12 bits per heavy atom. The first-order valence-corrected chi connectivity index (χ1v) is 7.64. The number of nitrogens with one attached hydrogen (secondary N) is 1. The smallest absolute Gasteiger partial charge is 0.377 e. The fourth-order valence-electron chi connectivity index (χ4n) is 2.20. The highest BCUT2D eigenvalue weighted by atomic mass is 35.5. The van der Waals surface area contributed by atoms with Crippen molar-refractivity contribution in [3.05, 3.63) is 52.8 Å². The minimum absolute atomic E-state index is 0.0333. The SMILES string of the molecule is COC(=O)c1n[nH]c(Cc2cnc(OC)c(-c3cccc(Cl)c3)n2)n1. The van der Waals surface area contributed by atoms with Crippen molar-refractivity contribution < 1.29 is 14.3 Å². The number of esters is 1. The number of halogens is 1. The lowest BCUT2D eigenvalue weighted by atomic mass is 10.1. The van der Waals surface area contributed by atoms with Crippen molar-refractivity contribution >= 4 is 17.6 Å². The number of ether oxygens (including phenoxy) is 2. The van der Waals surface area contributed by atoms with Crippen LogP contribution in [0.3, 0.4) is 0 Å². The second kappa shape index (κ2) is 7.27. The van der Waals surface area contributed by atoms with Crippen LogP contribution >= 0.6 is 11.6 Å². The highest BCUT2D eigenvalue weighted by Gasteiger charge is 2.15. The van der Waals surface area contributed by atoms with E-state index in [-0.39, 0.29) is 5.82 Å². The summed E-state index contributed by atoms with van der Waals surface area (Å²) in [6, 6.07) is 7.25. The van der Waals surface area contributed by atoms with Crippen LogP contribution in [0.25, 0.3) is 11.3 Å². The third kappa shape index (κ3) is 3.74. The van der Waals surface area contributed by atoms with Crippen molar-refractivity contribution in [1.82, 2.24) is 25.1 Å². The number of carbonyl (C=O) groups is 1. The van der Waals surface area contributed by atoms with Crippen LogP contribution in [-0.4, -0.2) is 45.3 Å². The van der Waals surface area contributed by atoms with Crippen molar-refractivity contribution in [2.24, 2.45) is 0 Å². The second-order valence-corrected chi connectivity index (χ2v) is 5.44. The van der Waals surface area contributed by atoms with Crippen molar-refractivity contribution in [2.75, 3.05) is 14.2 Å². The molecule has 0 amide bonds. The molecule has 1 aromatic carbocycles. The van der Waals surface area contributed by atoms with Crippen LogP contribution in [-0.2, 0) is 11.2 Å². The van der Waals surface area contributed by atoms with Gasteiger partial charge in [0.05, 0.1) is 32.5 Å². The molecule has 0 saturated carbocycles. The number of methoxy groups -OCH3 is 2. The van der Waals surface area contributed by atoms with Gasteiger partial charge in [0, 0.05) is 10.6 Å². The third-order valence-corrected chi connectivity index (χ3v) is 3.56. The quantitative estimate of drug-likeness (QED) is 0.697. The molecule has 0 bridgehead atoms. The van der Waals surface area contributed by atoms with Crippen LogP contribution in [0, 0.1) is 0 Å². The minimum Gasteiger partial charge on any atom is -0.479 e. The molecule has 0 aliphatic carbocycles. The molecule has 8 nitrogen and oxygen atoms in total. The zero-order chi connectivity index (χ0) is 17.8. The summed E-state index contributed by atoms with van der Waals surface area (Å²) in [4.78, 5) is 24.3. The zero-order valence-corrected chi connectivity index (χ0v) is 14.2. The van der Waals surface area contributed by atoms with E-state index >= 15 is 0 Å². The Bertz CT molecular complexity index is 912. The lowest BCUT2D eigenvalue weighted by molar-refractivity contribution is 0.0587. The van der Waals surface area contributed by atoms with E-state index in [2.05, 4.69) is 29.9 Å². The molecule has 3 aromatic rings. The number of hydrogen-bond donors (Lipinski definition) is 1. The maximum Gasteiger partial charge on any atom is 0.377 e. The average molecular weight is 360 g/mol. The fourth-order valence-corrected chi connectivity index (χ4v) is 2.39. The Hall–Kier alpha value is -3.00. The molecule has 0 aliphatic heterocycles. The van der Waals surface area contributed by atoms with Gasteiger partial charge in [-0.05, 0) is 12.1 Å². The number of aromatic nitrogens is 5. The first-order valence-electron chi connectivity index (χ1n) is 7.26. The van der Waals surface area contributed by atoms with E-state index in [0.29, 0.717) is 34.5 Å². The van der Waals surface area contributed by atoms with E-state index in [4.69, 9.17) is 16.3 Å². The normalized spacial score (nSPS) is 10.5. The van der Waals surface area contributed by atoms with Crippen molar-refractivity contribution in [1.29, 1.82) is 0 Å². The molecular formula is C16H14ClN5O3. The summed E-state index contributed by atoms with van der Waals surface area (Å²) in [6.07, 6.45) is 1.89. The third-order valence-electron chi connectivity index (χ3n) is 3.33. The Morgan fingerprint density at radius 3 is 2.84 bits per heavy atom. The van der Waals surface area contributed by atoms with Gasteiger partial charge in [0.2, 0.25) is 5.88 Å². The summed E-state index contributed by atoms with van der Waals surface area (Å²) in [5, 5.41) is 7.08. The van der Waals surface area contributed by atoms with E-state index in [1.54, 1.807) is 18.3 Å². The topological polar surface area (TPSA) is 103 Å². The van der Waals surface area contributed by atoms with Crippen molar-refractivity contribution in [2.45, 2.75) is 6.42 Å². The number of carbonyl (C=O) groups excluding carboxylic acids is 1. The van der Waals surface area contributed by atoms with Gasteiger partial charge < -0.3 is 9.47 Å². The van der Waals surface area contributed by atoms with E-state index in [9.17, 15) is 4.79 Å². The molecule has 0 saturated heterocycles. The maximum absolute atomic E-state index is 11.4. The second-order valence-electron chi connectivity index (χ2n) is 5.00. The summed E-state index contributed by atoms with van der Waals surface area (Å²) in [6.45, 7) is 0. The maximum atomic E-state index is 11.4. The first kappa shape index (κ1) is 16.8. The lowest BCUT2D eigenvalue weighted by Gasteiger charge is -2.08. The van der Waals surface area contributed by atoms with Crippen LogP contribution in [0.5, 0.6) is 5.88 Å². The van der Waals surface area contributed by atoms with Gasteiger partial charge in [-0.2, -0.15) is 0 Å². The molecule has 9 heteroatoms. The highest BCUT2D eigenvalue weighted by Crippen LogP contribution is 2.28. The van der Waals surface area contributed by atoms with Crippen molar-refractivity contribution in [3.8, 4) is 17.1 Å². The predicted octanol–water partition coefficient (Wildman–Crippen LogP) is 2.30. The molecule has 0 atom stereocenters. The van der Waals surface area contributed by atoms with Gasteiger partial charge in [-0.25, -0.2) is 19.7 Å². The zero-order valence-electron chi connectivity index (χ0n) is 13.5. The number of nitrogens with zero attached hydrogens (tertiary/aromatic N) is 4. The van der Waals surface area contributed by atoms with E-state index < -0.39 is 5.97 Å². The van der Waals surface area contributed by atoms with Gasteiger partial charge in [0.25, 0.3) is 5.82 Å². The molecule has 0 spiro atoms. The summed E-state index contributed by atoms with van der Waals surface area (Å²) >= 11 is 6.05. The largest absolute Gasteiger partial charge is 0.479 e. The Morgan fingerprint density at radius 1 is 1.28 bits per heavy atom. The molecule has 0 fully saturated rings. The van der Waals surface area contributed by atoms with E-state index in [0.717, 1.165) is 5.56 Å². The molecule has 2 heterocycles. The summed E-state index contributed by atoms with van der Waals surface area (Å²) in [5.74, 6) is 0.215. The number of benzene rings is 1. The van der Waals surface area contributed by atoms with Gasteiger partial charge in [-0.1, -0.05) is 23.7 Å². The molecule has 0 radical (unpaired) electrons. The fraction of sp³-hybridized carbons (Fsp3) is 0.188. The Labute approximate surface area is 148 Å². The van der Waals surface area contributed by atoms with Gasteiger partial charge >= 0.3 is 5.97 Å². The van der Waals surface area contributed by atoms with Crippen LogP contribution in [0.1, 0.15) is 22.1 Å². The summed E-state index contributed by atoms with van der Waals surface area (Å²) in [7, 11) is 2.79. The Kier molecular flexibility index (Phi) is 4.90. The van der Waals surface area contributed by atoms with Gasteiger partial charge in [0.1, 0.15) is 11.5 Å². The van der Waals surface area contributed by atoms with Crippen molar-refractivity contribution in [3.63, 3.8) is 0 Å². The standard InChI is InChI=1S/C16H14ClN5O3/c1-24-15-13(9-4-3-5-10(17)6-9)19-11(8-18-15)7-12-20-14(22-21-12)16(23)25-2/h3-6,8H,7H2,1-2H3,(H,20,21,22). The molecular weight excluding hydrogens is 346 g/mol. The van der Waals surface area contributed by atoms with Gasteiger partial charge in [-0.15, -0.1) is 5.10 Å². The molecule has 0 unspecified atom stereocenters. The summed E-state index contributed by atoms with van der Waals surface area (Å²) in [5.41, 5.74) is 1.98. The summed E-state index contributed by atoms with van der Waals surface area (Å²) < 4.78 is 9.86. The molecule has 2 aromatic heterocycles. The van der Waals surface area contributed by atoms with Gasteiger partial charge in [-0.3, -0.25) is 5.10 Å². The molecule has 1 N–H and O–H groups in total. The van der Waals surface area contributed by atoms with E-state index in [1.807, 2.05) is 12.1 Å². The minimum atomic E-state index is -0.608. The van der Waals surface area contributed by atoms with Crippen LogP contribution in [0.15, 0.2) is 30.5 Å². The molecule has 0 aliphatic rings. The van der Waals surface area contributed by atoms with E-state index in [1.165, 1.54) is 14.2 Å². The van der Waals surface area contributed by atoms with Crippen LogP contribution in [0.2, 0.25) is 5.02 Å². The number of H-pyrrole nitrogens is 1. The van der Waals surface area contributed by atoms with Gasteiger partial charge in [0.15, 0.2) is 0 Å². The predicted molar refractivity (Wildman–Crippen MR) is 89.6 cm³/mol. The Balaban J connectivity index is 1.92. The number of hydrogen-bond acceptors (Lipinski definition) is 7. The monoisotopic (exact) mass is 359 g/mol. The van der Waals surface area contributed by atoms with Crippen LogP contribution < -0.4 is 4.74 Å². The number of aromatic amines is 1. The molecule has 25 heavy (non-hydrogen) atoms. The molecule has 128 valence electrons. The number of rotatable bonds is 5.